The second-order valence-electron chi connectivity index (χ2n) is 15.3. The molecule has 0 aliphatic rings. The minimum atomic E-state index is 0.107. The third-order valence-electron chi connectivity index (χ3n) is 10.2. The van der Waals surface area contributed by atoms with Gasteiger partial charge in [0, 0.05) is 0 Å². The second kappa shape index (κ2) is 11.2. The molecule has 0 N–H and O–H groups in total. The number of hydrogen-bond donors (Lipinski definition) is 0. The molecule has 48 heavy (non-hydrogen) atoms. The molecule has 0 nitrogen and oxygen atoms in total. The van der Waals surface area contributed by atoms with Gasteiger partial charge in [-0.15, -0.1) is 0 Å². The lowest BCUT2D eigenvalue weighted by atomic mass is 9.80. The Hall–Kier alpha value is -5.20. The topological polar surface area (TPSA) is 0 Å². The average Bonchev–Trinajstić information content (AvgIpc) is 3.09. The highest BCUT2D eigenvalue weighted by atomic mass is 14.3. The largest absolute Gasteiger partial charge is 0.0616 e. The summed E-state index contributed by atoms with van der Waals surface area (Å²) < 4.78 is 0. The maximum absolute atomic E-state index is 2.33. The molecule has 0 amide bonds. The summed E-state index contributed by atoms with van der Waals surface area (Å²) in [6.45, 7) is 13.7. The molecule has 0 heterocycles. The Morgan fingerprint density at radius 1 is 0.250 bits per heavy atom. The Morgan fingerprint density at radius 2 is 0.458 bits per heavy atom. The first-order valence-corrected chi connectivity index (χ1v) is 17.2. The van der Waals surface area contributed by atoms with Crippen LogP contribution >= 0.6 is 0 Å². The van der Waals surface area contributed by atoms with E-state index in [4.69, 9.17) is 0 Å². The summed E-state index contributed by atoms with van der Waals surface area (Å²) >= 11 is 0. The van der Waals surface area contributed by atoms with Crippen LogP contribution in [0.1, 0.15) is 52.7 Å². The van der Waals surface area contributed by atoms with Crippen molar-refractivity contribution < 1.29 is 0 Å². The average molecular weight is 619 g/mol. The van der Waals surface area contributed by atoms with Crippen molar-refractivity contribution in [2.45, 2.75) is 52.4 Å². The van der Waals surface area contributed by atoms with Gasteiger partial charge in [-0.25, -0.2) is 0 Å². The highest BCUT2D eigenvalue weighted by Gasteiger charge is 2.23. The maximum atomic E-state index is 2.33. The summed E-state index contributed by atoms with van der Waals surface area (Å²) in [7, 11) is 0. The van der Waals surface area contributed by atoms with Crippen molar-refractivity contribution in [1.82, 2.24) is 0 Å². The molecule has 0 bridgehead atoms. The van der Waals surface area contributed by atoms with Crippen LogP contribution in [0.2, 0.25) is 0 Å². The lowest BCUT2D eigenvalue weighted by molar-refractivity contribution is 0.590. The lowest BCUT2D eigenvalue weighted by Gasteiger charge is -2.23. The predicted octanol–water partition coefficient (Wildman–Crippen LogP) is 13.9. The molecule has 0 radical (unpaired) electrons. The Labute approximate surface area is 284 Å². The van der Waals surface area contributed by atoms with E-state index in [-0.39, 0.29) is 10.8 Å². The standard InChI is InChI=1S/C48H42/c1-47(2,3)33-27-23-31(24-28-33)43-35-15-7-11-19-39(35)45(40-20-12-8-16-36(40)43)46-41-21-13-9-17-37(41)44(38-18-10-14-22-42(38)46)32-25-29-34(30-26-32)48(4,5)6/h7-30H,1-6H3. The second-order valence-corrected chi connectivity index (χ2v) is 15.3. The minimum Gasteiger partial charge on any atom is -0.0616 e. The molecule has 234 valence electrons. The first kappa shape index (κ1) is 30.2. The van der Waals surface area contributed by atoms with Gasteiger partial charge in [-0.2, -0.15) is 0 Å². The molecule has 0 atom stereocenters. The smallest absolute Gasteiger partial charge is 0.00139 e. The SMILES string of the molecule is CC(C)(C)c1ccc(-c2c3ccccc3c(-c3c4ccccc4c(-c4ccc(C(C)(C)C)cc4)c4ccccc34)c3ccccc23)cc1. The van der Waals surface area contributed by atoms with Crippen molar-refractivity contribution in [3.05, 3.63) is 157 Å². The number of fused-ring (bicyclic) bond motifs is 4. The van der Waals surface area contributed by atoms with Crippen molar-refractivity contribution in [1.29, 1.82) is 0 Å². The number of hydrogen-bond acceptors (Lipinski definition) is 0. The van der Waals surface area contributed by atoms with Gasteiger partial charge in [-0.05, 0) is 98.4 Å². The first-order valence-electron chi connectivity index (χ1n) is 17.2. The highest BCUT2D eigenvalue weighted by Crippen LogP contribution is 2.50. The van der Waals surface area contributed by atoms with Crippen LogP contribution < -0.4 is 0 Å². The molecular weight excluding hydrogens is 577 g/mol. The normalized spacial score (nSPS) is 12.4. The van der Waals surface area contributed by atoms with Crippen LogP contribution in [0.15, 0.2) is 146 Å². The van der Waals surface area contributed by atoms with Crippen molar-refractivity contribution in [2.75, 3.05) is 0 Å². The van der Waals surface area contributed by atoms with E-state index in [1.54, 1.807) is 0 Å². The molecule has 8 rings (SSSR count). The van der Waals surface area contributed by atoms with Crippen LogP contribution in [0.5, 0.6) is 0 Å². The molecule has 0 aromatic heterocycles. The van der Waals surface area contributed by atoms with Gasteiger partial charge in [0.05, 0.1) is 0 Å². The van der Waals surface area contributed by atoms with Crippen LogP contribution in [-0.4, -0.2) is 0 Å². The summed E-state index contributed by atoms with van der Waals surface area (Å²) in [6, 6.07) is 54.6. The minimum absolute atomic E-state index is 0.107. The van der Waals surface area contributed by atoms with Crippen LogP contribution in [-0.2, 0) is 10.8 Å². The fourth-order valence-electron chi connectivity index (χ4n) is 7.69. The van der Waals surface area contributed by atoms with E-state index >= 15 is 0 Å². The summed E-state index contributed by atoms with van der Waals surface area (Å²) in [4.78, 5) is 0. The number of benzene rings is 8. The van der Waals surface area contributed by atoms with Crippen molar-refractivity contribution in [3.8, 4) is 33.4 Å². The molecule has 8 aromatic carbocycles. The third-order valence-corrected chi connectivity index (χ3v) is 10.2. The Balaban J connectivity index is 1.49. The third kappa shape index (κ3) is 4.90. The van der Waals surface area contributed by atoms with Gasteiger partial charge < -0.3 is 0 Å². The zero-order valence-corrected chi connectivity index (χ0v) is 28.9. The summed E-state index contributed by atoms with van der Waals surface area (Å²) in [5.74, 6) is 0. The molecule has 0 saturated carbocycles. The van der Waals surface area contributed by atoms with Crippen LogP contribution in [0.3, 0.4) is 0 Å². The fraction of sp³-hybridized carbons (Fsp3) is 0.167. The molecule has 0 heteroatoms. The summed E-state index contributed by atoms with van der Waals surface area (Å²) in [5, 5.41) is 10.3. The van der Waals surface area contributed by atoms with Crippen LogP contribution in [0.4, 0.5) is 0 Å². The lowest BCUT2D eigenvalue weighted by Crippen LogP contribution is -2.10. The van der Waals surface area contributed by atoms with Gasteiger partial charge in [0.25, 0.3) is 0 Å². The zero-order chi connectivity index (χ0) is 33.2. The van der Waals surface area contributed by atoms with Crippen molar-refractivity contribution in [2.24, 2.45) is 0 Å². The summed E-state index contributed by atoms with van der Waals surface area (Å²) in [5.41, 5.74) is 10.6. The van der Waals surface area contributed by atoms with E-state index in [1.807, 2.05) is 0 Å². The quantitative estimate of drug-likeness (QED) is 0.173. The van der Waals surface area contributed by atoms with Gasteiger partial charge in [0.2, 0.25) is 0 Å². The van der Waals surface area contributed by atoms with Gasteiger partial charge >= 0.3 is 0 Å². The molecule has 0 spiro atoms. The zero-order valence-electron chi connectivity index (χ0n) is 28.9. The van der Waals surface area contributed by atoms with E-state index in [0.29, 0.717) is 0 Å². The molecule has 0 fully saturated rings. The van der Waals surface area contributed by atoms with Crippen LogP contribution in [0, 0.1) is 0 Å². The molecule has 0 saturated heterocycles. The van der Waals surface area contributed by atoms with E-state index in [1.165, 1.54) is 87.6 Å². The summed E-state index contributed by atoms with van der Waals surface area (Å²) in [6.07, 6.45) is 0. The van der Waals surface area contributed by atoms with E-state index in [0.717, 1.165) is 0 Å². The molecule has 0 aliphatic carbocycles. The van der Waals surface area contributed by atoms with Crippen molar-refractivity contribution >= 4 is 43.1 Å². The van der Waals surface area contributed by atoms with Gasteiger partial charge in [0.1, 0.15) is 0 Å². The van der Waals surface area contributed by atoms with E-state index < -0.39 is 0 Å². The Kier molecular flexibility index (Phi) is 7.04. The molecule has 0 unspecified atom stereocenters. The fourth-order valence-corrected chi connectivity index (χ4v) is 7.69. The van der Waals surface area contributed by atoms with Gasteiger partial charge in [-0.3, -0.25) is 0 Å². The monoisotopic (exact) mass is 618 g/mol. The van der Waals surface area contributed by atoms with E-state index in [2.05, 4.69) is 187 Å². The van der Waals surface area contributed by atoms with Gasteiger partial charge in [0.15, 0.2) is 0 Å². The molecule has 0 aliphatic heterocycles. The first-order chi connectivity index (χ1) is 23.1. The van der Waals surface area contributed by atoms with Crippen LogP contribution in [0.25, 0.3) is 76.5 Å². The molecule has 8 aromatic rings. The van der Waals surface area contributed by atoms with Gasteiger partial charge in [-0.1, -0.05) is 187 Å². The van der Waals surface area contributed by atoms with Crippen molar-refractivity contribution in [3.63, 3.8) is 0 Å². The highest BCUT2D eigenvalue weighted by molar-refractivity contribution is 6.29. The maximum Gasteiger partial charge on any atom is -0.00139 e. The predicted molar refractivity (Wildman–Crippen MR) is 210 cm³/mol. The molecular formula is C48H42. The Morgan fingerprint density at radius 3 is 0.667 bits per heavy atom. The Bertz CT molecular complexity index is 2190. The number of rotatable bonds is 3. The van der Waals surface area contributed by atoms with E-state index in [9.17, 15) is 0 Å².